The number of aromatic nitrogens is 1. The van der Waals surface area contributed by atoms with Crippen molar-refractivity contribution < 1.29 is 9.59 Å². The Balaban J connectivity index is 2.70. The molecule has 0 N–H and O–H groups in total. The van der Waals surface area contributed by atoms with E-state index in [0.29, 0.717) is 11.4 Å². The van der Waals surface area contributed by atoms with Gasteiger partial charge in [-0.1, -0.05) is 18.5 Å². The number of Topliss-reactive ketones (excluding diaryl/α,β-unsaturated/α-hetero) is 2. The van der Waals surface area contributed by atoms with Crippen LogP contribution in [-0.4, -0.2) is 16.6 Å². The van der Waals surface area contributed by atoms with E-state index in [-0.39, 0.29) is 23.7 Å². The molecule has 0 aliphatic carbocycles. The highest BCUT2D eigenvalue weighted by Crippen LogP contribution is 2.08. The maximum Gasteiger partial charge on any atom is 0.188 e. The first kappa shape index (κ1) is 10.9. The zero-order valence-electron chi connectivity index (χ0n) is 7.79. The first-order valence-corrected chi connectivity index (χ1v) is 4.67. The molecule has 0 aliphatic rings. The van der Waals surface area contributed by atoms with E-state index >= 15 is 0 Å². The van der Waals surface area contributed by atoms with Crippen molar-refractivity contribution in [2.45, 2.75) is 19.8 Å². The Morgan fingerprint density at radius 3 is 2.64 bits per heavy atom. The smallest absolute Gasteiger partial charge is 0.188 e. The molecule has 0 unspecified atom stereocenters. The lowest BCUT2D eigenvalue weighted by molar-refractivity contribution is -0.117. The van der Waals surface area contributed by atoms with Crippen LogP contribution in [0, 0.1) is 0 Å². The van der Waals surface area contributed by atoms with Gasteiger partial charge in [-0.15, -0.1) is 0 Å². The predicted molar refractivity (Wildman–Crippen MR) is 53.5 cm³/mol. The lowest BCUT2D eigenvalue weighted by Gasteiger charge is -1.98. The zero-order chi connectivity index (χ0) is 10.6. The van der Waals surface area contributed by atoms with E-state index in [2.05, 4.69) is 4.98 Å². The molecule has 0 aromatic carbocycles. The molecule has 74 valence electrons. The van der Waals surface area contributed by atoms with Crippen LogP contribution in [0.2, 0.25) is 5.02 Å². The molecule has 14 heavy (non-hydrogen) atoms. The van der Waals surface area contributed by atoms with E-state index in [9.17, 15) is 9.59 Å². The number of rotatable bonds is 4. The summed E-state index contributed by atoms with van der Waals surface area (Å²) in [5.74, 6) is -0.333. The SMILES string of the molecule is CCC(=O)CC(=O)c1ccc(Cl)cn1. The van der Waals surface area contributed by atoms with Crippen molar-refractivity contribution in [3.05, 3.63) is 29.0 Å². The molecule has 0 aliphatic heterocycles. The van der Waals surface area contributed by atoms with Crippen molar-refractivity contribution in [1.29, 1.82) is 0 Å². The fourth-order valence-corrected chi connectivity index (χ4v) is 1.05. The van der Waals surface area contributed by atoms with Crippen LogP contribution >= 0.6 is 11.6 Å². The van der Waals surface area contributed by atoms with E-state index in [1.807, 2.05) is 0 Å². The summed E-state index contributed by atoms with van der Waals surface area (Å²) in [5, 5.41) is 0.475. The summed E-state index contributed by atoms with van der Waals surface area (Å²) in [4.78, 5) is 26.2. The van der Waals surface area contributed by atoms with Crippen molar-refractivity contribution in [2.24, 2.45) is 0 Å². The number of pyridine rings is 1. The fraction of sp³-hybridized carbons (Fsp3) is 0.300. The largest absolute Gasteiger partial charge is 0.299 e. The average Bonchev–Trinajstić information content (AvgIpc) is 2.18. The summed E-state index contributed by atoms with van der Waals surface area (Å²) in [7, 11) is 0. The lowest BCUT2D eigenvalue weighted by atomic mass is 10.1. The fourth-order valence-electron chi connectivity index (χ4n) is 0.935. The van der Waals surface area contributed by atoms with Gasteiger partial charge < -0.3 is 0 Å². The molecule has 0 fully saturated rings. The second kappa shape index (κ2) is 4.86. The van der Waals surface area contributed by atoms with E-state index < -0.39 is 0 Å². The standard InChI is InChI=1S/C10H10ClNO2/c1-2-8(13)5-10(14)9-4-3-7(11)6-12-9/h3-4,6H,2,5H2,1H3. The van der Waals surface area contributed by atoms with Gasteiger partial charge in [-0.2, -0.15) is 0 Å². The Morgan fingerprint density at radius 2 is 2.14 bits per heavy atom. The highest BCUT2D eigenvalue weighted by atomic mass is 35.5. The number of ketones is 2. The third-order valence-electron chi connectivity index (χ3n) is 1.77. The third kappa shape index (κ3) is 2.92. The molecule has 0 bridgehead atoms. The summed E-state index contributed by atoms with van der Waals surface area (Å²) < 4.78 is 0. The van der Waals surface area contributed by atoms with Crippen LogP contribution in [0.1, 0.15) is 30.3 Å². The van der Waals surface area contributed by atoms with Gasteiger partial charge in [-0.25, -0.2) is 0 Å². The van der Waals surface area contributed by atoms with Crippen molar-refractivity contribution in [2.75, 3.05) is 0 Å². The number of nitrogens with zero attached hydrogens (tertiary/aromatic N) is 1. The van der Waals surface area contributed by atoms with Gasteiger partial charge >= 0.3 is 0 Å². The quantitative estimate of drug-likeness (QED) is 0.567. The first-order chi connectivity index (χ1) is 6.63. The minimum absolute atomic E-state index is 0.0771. The third-order valence-corrected chi connectivity index (χ3v) is 1.99. The molecule has 1 heterocycles. The van der Waals surface area contributed by atoms with Crippen molar-refractivity contribution in [3.8, 4) is 0 Å². The normalized spacial score (nSPS) is 9.86. The second-order valence-electron chi connectivity index (χ2n) is 2.85. The van der Waals surface area contributed by atoms with Gasteiger partial charge in [-0.05, 0) is 12.1 Å². The van der Waals surface area contributed by atoms with Gasteiger partial charge in [0, 0.05) is 12.6 Å². The number of hydrogen-bond acceptors (Lipinski definition) is 3. The molecule has 0 spiro atoms. The average molecular weight is 212 g/mol. The molecular weight excluding hydrogens is 202 g/mol. The molecule has 1 aromatic rings. The van der Waals surface area contributed by atoms with Gasteiger partial charge in [0.25, 0.3) is 0 Å². The highest BCUT2D eigenvalue weighted by Gasteiger charge is 2.10. The molecule has 0 atom stereocenters. The summed E-state index contributed by atoms with van der Waals surface area (Å²) in [5.41, 5.74) is 0.288. The second-order valence-corrected chi connectivity index (χ2v) is 3.29. The molecule has 0 saturated carbocycles. The van der Waals surface area contributed by atoms with Gasteiger partial charge in [0.1, 0.15) is 11.5 Å². The highest BCUT2D eigenvalue weighted by molar-refractivity contribution is 6.30. The number of carbonyl (C=O) groups is 2. The van der Waals surface area contributed by atoms with E-state index in [4.69, 9.17) is 11.6 Å². The van der Waals surface area contributed by atoms with Crippen LogP contribution in [0.25, 0.3) is 0 Å². The van der Waals surface area contributed by atoms with Crippen molar-refractivity contribution in [1.82, 2.24) is 4.98 Å². The van der Waals surface area contributed by atoms with Crippen LogP contribution < -0.4 is 0 Å². The van der Waals surface area contributed by atoms with Gasteiger partial charge in [0.15, 0.2) is 5.78 Å². The first-order valence-electron chi connectivity index (χ1n) is 4.30. The van der Waals surface area contributed by atoms with Crippen LogP contribution in [0.3, 0.4) is 0 Å². The summed E-state index contributed by atoms with van der Waals surface area (Å²) in [6, 6.07) is 3.10. The lowest BCUT2D eigenvalue weighted by Crippen LogP contribution is -2.08. The molecule has 4 heteroatoms. The van der Waals surface area contributed by atoms with Crippen LogP contribution in [0.4, 0.5) is 0 Å². The van der Waals surface area contributed by atoms with Crippen LogP contribution in [0.5, 0.6) is 0 Å². The van der Waals surface area contributed by atoms with E-state index in [1.54, 1.807) is 13.0 Å². The molecule has 1 aromatic heterocycles. The Hall–Kier alpha value is -1.22. The van der Waals surface area contributed by atoms with Crippen LogP contribution in [0.15, 0.2) is 18.3 Å². The maximum atomic E-state index is 11.4. The Kier molecular flexibility index (Phi) is 3.77. The zero-order valence-corrected chi connectivity index (χ0v) is 8.54. The Morgan fingerprint density at radius 1 is 1.43 bits per heavy atom. The van der Waals surface area contributed by atoms with Gasteiger partial charge in [0.05, 0.1) is 11.4 Å². The van der Waals surface area contributed by atoms with E-state index in [1.165, 1.54) is 12.3 Å². The maximum absolute atomic E-state index is 11.4. The number of carbonyl (C=O) groups excluding carboxylic acids is 2. The number of halogens is 1. The minimum atomic E-state index is -0.256. The minimum Gasteiger partial charge on any atom is -0.299 e. The van der Waals surface area contributed by atoms with Crippen molar-refractivity contribution >= 4 is 23.2 Å². The molecular formula is C10H10ClNO2. The predicted octanol–water partition coefficient (Wildman–Crippen LogP) is 2.29. The molecule has 0 amide bonds. The summed E-state index contributed by atoms with van der Waals surface area (Å²) in [6.45, 7) is 1.73. The molecule has 0 radical (unpaired) electrons. The van der Waals surface area contributed by atoms with Crippen molar-refractivity contribution in [3.63, 3.8) is 0 Å². The topological polar surface area (TPSA) is 47.0 Å². The molecule has 3 nitrogen and oxygen atoms in total. The molecule has 0 saturated heterocycles. The van der Waals surface area contributed by atoms with E-state index in [0.717, 1.165) is 0 Å². The van der Waals surface area contributed by atoms with Crippen LogP contribution in [-0.2, 0) is 4.79 Å². The Labute approximate surface area is 87.1 Å². The van der Waals surface area contributed by atoms with Gasteiger partial charge in [0.2, 0.25) is 0 Å². The molecule has 1 rings (SSSR count). The monoisotopic (exact) mass is 211 g/mol. The Bertz CT molecular complexity index is 346. The van der Waals surface area contributed by atoms with Gasteiger partial charge in [-0.3, -0.25) is 14.6 Å². The summed E-state index contributed by atoms with van der Waals surface area (Å²) >= 11 is 5.61. The summed E-state index contributed by atoms with van der Waals surface area (Å²) in [6.07, 6.45) is 1.69. The number of hydrogen-bond donors (Lipinski definition) is 0.